The van der Waals surface area contributed by atoms with Gasteiger partial charge in [0.25, 0.3) is 5.91 Å². The average molecular weight is 439 g/mol. The number of anilines is 1. The molecule has 2 rings (SSSR count). The van der Waals surface area contributed by atoms with Crippen LogP contribution in [-0.2, 0) is 16.1 Å². The summed E-state index contributed by atoms with van der Waals surface area (Å²) in [4.78, 5) is 46.9. The molecule has 2 aromatic rings. The highest BCUT2D eigenvalue weighted by atomic mass is 32.1. The van der Waals surface area contributed by atoms with E-state index in [1.54, 1.807) is 13.8 Å². The van der Waals surface area contributed by atoms with Gasteiger partial charge in [-0.2, -0.15) is 0 Å². The maximum Gasteiger partial charge on any atom is 0.350 e. The van der Waals surface area contributed by atoms with Gasteiger partial charge in [-0.05, 0) is 26.3 Å². The van der Waals surface area contributed by atoms with E-state index >= 15 is 0 Å². The van der Waals surface area contributed by atoms with E-state index < -0.39 is 28.8 Å². The summed E-state index contributed by atoms with van der Waals surface area (Å²) in [6, 6.07) is 0. The minimum atomic E-state index is -0.729. The number of methoxy groups -OCH3 is 1. The molecule has 30 heavy (non-hydrogen) atoms. The second-order valence-electron chi connectivity index (χ2n) is 6.42. The number of nitro groups is 1. The standard InChI is InChI=1S/C17H21N5O7S/c1-8(2)29-17(25)12-9(3)13(14(18)24)30-16(12)19-11(23)5-6-21-7-10(22(26)27)15(20-21)28-4/h7-8H,5-6H2,1-4H3,(H2,18,24)(H,19,23). The van der Waals surface area contributed by atoms with Crippen molar-refractivity contribution in [3.8, 4) is 5.88 Å². The van der Waals surface area contributed by atoms with Crippen LogP contribution in [0.1, 0.15) is 45.9 Å². The zero-order chi connectivity index (χ0) is 22.6. The molecule has 12 nitrogen and oxygen atoms in total. The van der Waals surface area contributed by atoms with E-state index in [1.165, 1.54) is 18.7 Å². The molecular weight excluding hydrogens is 418 g/mol. The summed E-state index contributed by atoms with van der Waals surface area (Å²) in [7, 11) is 1.25. The van der Waals surface area contributed by atoms with Crippen molar-refractivity contribution in [1.82, 2.24) is 9.78 Å². The maximum atomic E-state index is 12.4. The molecule has 13 heteroatoms. The van der Waals surface area contributed by atoms with Crippen LogP contribution in [0.3, 0.4) is 0 Å². The van der Waals surface area contributed by atoms with Gasteiger partial charge in [0, 0.05) is 6.42 Å². The first-order valence-electron chi connectivity index (χ1n) is 8.75. The number of carbonyl (C=O) groups excluding carboxylic acids is 3. The summed E-state index contributed by atoms with van der Waals surface area (Å²) in [5, 5.41) is 17.6. The zero-order valence-corrected chi connectivity index (χ0v) is 17.6. The Kier molecular flexibility index (Phi) is 7.10. The summed E-state index contributed by atoms with van der Waals surface area (Å²) in [5.41, 5.74) is 5.41. The molecule has 0 atom stereocenters. The molecule has 0 aromatic carbocycles. The highest BCUT2D eigenvalue weighted by Gasteiger charge is 2.26. The molecule has 2 heterocycles. The van der Waals surface area contributed by atoms with E-state index in [-0.39, 0.29) is 40.0 Å². The van der Waals surface area contributed by atoms with E-state index in [4.69, 9.17) is 15.2 Å². The Morgan fingerprint density at radius 2 is 2.07 bits per heavy atom. The van der Waals surface area contributed by atoms with Crippen LogP contribution in [0, 0.1) is 17.0 Å². The highest BCUT2D eigenvalue weighted by Crippen LogP contribution is 2.34. The number of nitrogens with zero attached hydrogens (tertiary/aromatic N) is 3. The lowest BCUT2D eigenvalue weighted by atomic mass is 10.1. The molecule has 162 valence electrons. The molecule has 0 fully saturated rings. The molecule has 2 amide bonds. The van der Waals surface area contributed by atoms with Crippen LogP contribution in [0.5, 0.6) is 5.88 Å². The Labute approximate surface area is 175 Å². The fourth-order valence-electron chi connectivity index (χ4n) is 2.54. The van der Waals surface area contributed by atoms with Gasteiger partial charge in [-0.3, -0.25) is 24.4 Å². The number of amides is 2. The van der Waals surface area contributed by atoms with Gasteiger partial charge in [-0.15, -0.1) is 16.4 Å². The Bertz CT molecular complexity index is 995. The van der Waals surface area contributed by atoms with Crippen molar-refractivity contribution in [3.05, 3.63) is 32.3 Å². The average Bonchev–Trinajstić information content (AvgIpc) is 3.20. The topological polar surface area (TPSA) is 169 Å². The van der Waals surface area contributed by atoms with Crippen LogP contribution in [0.15, 0.2) is 6.20 Å². The number of aromatic nitrogens is 2. The first-order chi connectivity index (χ1) is 14.0. The van der Waals surface area contributed by atoms with Crippen LogP contribution in [0.2, 0.25) is 0 Å². The summed E-state index contributed by atoms with van der Waals surface area (Å²) in [5.74, 6) is -2.08. The van der Waals surface area contributed by atoms with Gasteiger partial charge in [-0.25, -0.2) is 4.79 Å². The molecule has 2 aromatic heterocycles. The fourth-order valence-corrected chi connectivity index (χ4v) is 3.60. The van der Waals surface area contributed by atoms with Gasteiger partial charge in [0.05, 0.1) is 35.1 Å². The number of nitrogens with one attached hydrogen (secondary N) is 1. The number of thiophene rings is 1. The third kappa shape index (κ3) is 5.11. The van der Waals surface area contributed by atoms with Crippen molar-refractivity contribution in [2.45, 2.75) is 39.8 Å². The lowest BCUT2D eigenvalue weighted by molar-refractivity contribution is -0.385. The normalized spacial score (nSPS) is 10.7. The van der Waals surface area contributed by atoms with Gasteiger partial charge in [-0.1, -0.05) is 0 Å². The molecule has 0 bridgehead atoms. The Hall–Kier alpha value is -3.48. The van der Waals surface area contributed by atoms with Crippen LogP contribution >= 0.6 is 11.3 Å². The molecular formula is C17H21N5O7S. The number of rotatable bonds is 9. The predicted molar refractivity (Wildman–Crippen MR) is 107 cm³/mol. The molecule has 0 aliphatic heterocycles. The number of hydrogen-bond acceptors (Lipinski definition) is 9. The van der Waals surface area contributed by atoms with Crippen molar-refractivity contribution < 1.29 is 28.8 Å². The van der Waals surface area contributed by atoms with E-state index in [2.05, 4.69) is 10.4 Å². The van der Waals surface area contributed by atoms with E-state index in [0.29, 0.717) is 5.56 Å². The Morgan fingerprint density at radius 1 is 1.40 bits per heavy atom. The molecule has 0 aliphatic rings. The maximum absolute atomic E-state index is 12.4. The highest BCUT2D eigenvalue weighted by molar-refractivity contribution is 7.18. The van der Waals surface area contributed by atoms with Gasteiger partial charge in [0.2, 0.25) is 5.91 Å². The summed E-state index contributed by atoms with van der Waals surface area (Å²) in [6.45, 7) is 4.90. The van der Waals surface area contributed by atoms with Crippen molar-refractivity contribution in [2.75, 3.05) is 12.4 Å². The minimum absolute atomic E-state index is 0.0227. The number of primary amides is 1. The fraction of sp³-hybridized carbons (Fsp3) is 0.412. The first kappa shape index (κ1) is 22.8. The Morgan fingerprint density at radius 3 is 2.57 bits per heavy atom. The number of nitrogens with two attached hydrogens (primary N) is 1. The number of esters is 1. The SMILES string of the molecule is COc1nn(CCC(=O)Nc2sc(C(N)=O)c(C)c2C(=O)OC(C)C)cc1[N+](=O)[O-]. The van der Waals surface area contributed by atoms with Crippen molar-refractivity contribution in [1.29, 1.82) is 0 Å². The van der Waals surface area contributed by atoms with Crippen LogP contribution < -0.4 is 15.8 Å². The smallest absolute Gasteiger partial charge is 0.350 e. The molecule has 0 unspecified atom stereocenters. The predicted octanol–water partition coefficient (Wildman–Crippen LogP) is 1.86. The van der Waals surface area contributed by atoms with E-state index in [9.17, 15) is 24.5 Å². The van der Waals surface area contributed by atoms with Crippen LogP contribution in [-0.4, -0.2) is 45.7 Å². The van der Waals surface area contributed by atoms with E-state index in [1.807, 2.05) is 0 Å². The van der Waals surface area contributed by atoms with Gasteiger partial charge in [0.15, 0.2) is 0 Å². The zero-order valence-electron chi connectivity index (χ0n) is 16.8. The van der Waals surface area contributed by atoms with Gasteiger partial charge >= 0.3 is 17.5 Å². The second kappa shape index (κ2) is 9.35. The lowest BCUT2D eigenvalue weighted by Gasteiger charge is -2.10. The largest absolute Gasteiger partial charge is 0.475 e. The summed E-state index contributed by atoms with van der Waals surface area (Å²) >= 11 is 0.875. The molecule has 0 saturated carbocycles. The number of ether oxygens (including phenoxy) is 2. The Balaban J connectivity index is 2.18. The second-order valence-corrected chi connectivity index (χ2v) is 7.44. The van der Waals surface area contributed by atoms with Crippen molar-refractivity contribution in [2.24, 2.45) is 5.73 Å². The van der Waals surface area contributed by atoms with Gasteiger partial charge < -0.3 is 20.5 Å². The third-order valence-electron chi connectivity index (χ3n) is 3.84. The quantitative estimate of drug-likeness (QED) is 0.339. The van der Waals surface area contributed by atoms with E-state index in [0.717, 1.165) is 17.5 Å². The lowest BCUT2D eigenvalue weighted by Crippen LogP contribution is -2.18. The van der Waals surface area contributed by atoms with Crippen molar-refractivity contribution in [3.63, 3.8) is 0 Å². The number of carbonyl (C=O) groups is 3. The third-order valence-corrected chi connectivity index (χ3v) is 5.06. The van der Waals surface area contributed by atoms with Crippen LogP contribution in [0.25, 0.3) is 0 Å². The molecule has 0 spiro atoms. The molecule has 0 radical (unpaired) electrons. The summed E-state index contributed by atoms with van der Waals surface area (Å²) < 4.78 is 11.2. The molecule has 0 saturated heterocycles. The minimum Gasteiger partial charge on any atom is -0.475 e. The van der Waals surface area contributed by atoms with Gasteiger partial charge in [0.1, 0.15) is 11.2 Å². The monoisotopic (exact) mass is 439 g/mol. The first-order valence-corrected chi connectivity index (χ1v) is 9.56. The summed E-state index contributed by atoms with van der Waals surface area (Å²) in [6.07, 6.45) is 0.643. The van der Waals surface area contributed by atoms with Crippen LogP contribution in [0.4, 0.5) is 10.7 Å². The number of aryl methyl sites for hydroxylation is 1. The molecule has 3 N–H and O–H groups in total. The number of hydrogen-bond donors (Lipinski definition) is 2. The molecule has 0 aliphatic carbocycles. The van der Waals surface area contributed by atoms with Crippen molar-refractivity contribution >= 4 is 39.8 Å².